The van der Waals surface area contributed by atoms with Crippen LogP contribution in [0.25, 0.3) is 0 Å². The van der Waals surface area contributed by atoms with E-state index in [9.17, 15) is 4.79 Å². The molecule has 1 aliphatic rings. The minimum atomic E-state index is -0.445. The summed E-state index contributed by atoms with van der Waals surface area (Å²) in [5.41, 5.74) is 13.0. The highest BCUT2D eigenvalue weighted by molar-refractivity contribution is 5.94. The quantitative estimate of drug-likeness (QED) is 0.702. The fraction of sp³-hybridized carbons (Fsp3) is 0.462. The zero-order valence-electron chi connectivity index (χ0n) is 10.5. The fourth-order valence-corrected chi connectivity index (χ4v) is 2.34. The fourth-order valence-electron chi connectivity index (χ4n) is 2.34. The maximum atomic E-state index is 11.1. The predicted molar refractivity (Wildman–Crippen MR) is 71.4 cm³/mol. The highest BCUT2D eigenvalue weighted by Gasteiger charge is 2.24. The number of anilines is 2. The van der Waals surface area contributed by atoms with Gasteiger partial charge in [0, 0.05) is 18.7 Å². The van der Waals surface area contributed by atoms with Gasteiger partial charge in [0.25, 0.3) is 0 Å². The van der Waals surface area contributed by atoms with Gasteiger partial charge in [0.15, 0.2) is 0 Å². The third-order valence-electron chi connectivity index (χ3n) is 3.42. The lowest BCUT2D eigenvalue weighted by molar-refractivity contribution is 0.1000. The molecule has 0 bridgehead atoms. The van der Waals surface area contributed by atoms with Crippen molar-refractivity contribution in [3.8, 4) is 0 Å². The van der Waals surface area contributed by atoms with Crippen LogP contribution >= 0.6 is 0 Å². The number of carbonyl (C=O) groups excluding carboxylic acids is 1. The Balaban J connectivity index is 2.09. The van der Waals surface area contributed by atoms with E-state index in [2.05, 4.69) is 5.32 Å². The molecule has 1 aromatic rings. The van der Waals surface area contributed by atoms with Gasteiger partial charge in [-0.3, -0.25) is 4.79 Å². The van der Waals surface area contributed by atoms with E-state index in [-0.39, 0.29) is 0 Å². The molecule has 5 nitrogen and oxygen atoms in total. The van der Waals surface area contributed by atoms with Gasteiger partial charge in [-0.2, -0.15) is 0 Å². The minimum absolute atomic E-state index is 0.308. The lowest BCUT2D eigenvalue weighted by Crippen LogP contribution is -2.19. The number of ether oxygens (including phenoxy) is 1. The number of rotatable bonds is 4. The van der Waals surface area contributed by atoms with Crippen molar-refractivity contribution >= 4 is 17.3 Å². The summed E-state index contributed by atoms with van der Waals surface area (Å²) < 4.78 is 5.33. The van der Waals surface area contributed by atoms with Crippen LogP contribution in [0.2, 0.25) is 0 Å². The van der Waals surface area contributed by atoms with Crippen molar-refractivity contribution in [1.82, 2.24) is 0 Å². The summed E-state index contributed by atoms with van der Waals surface area (Å²) >= 11 is 0. The Labute approximate surface area is 106 Å². The van der Waals surface area contributed by atoms with Crippen molar-refractivity contribution in [1.29, 1.82) is 0 Å². The Morgan fingerprint density at radius 1 is 1.44 bits per heavy atom. The molecule has 1 amide bonds. The number of hydrogen-bond acceptors (Lipinski definition) is 4. The third-order valence-corrected chi connectivity index (χ3v) is 3.42. The van der Waals surface area contributed by atoms with Crippen LogP contribution in [0.15, 0.2) is 18.2 Å². The molecular formula is C13H19N3O2. The van der Waals surface area contributed by atoms with Crippen LogP contribution in [0.5, 0.6) is 0 Å². The average molecular weight is 249 g/mol. The molecule has 0 radical (unpaired) electrons. The first kappa shape index (κ1) is 12.7. The number of nitrogens with two attached hydrogens (primary N) is 2. The number of nitrogens with one attached hydrogen (secondary N) is 1. The molecule has 0 spiro atoms. The summed E-state index contributed by atoms with van der Waals surface area (Å²) in [6.07, 6.45) is 3.35. The smallest absolute Gasteiger partial charge is 0.248 e. The first-order valence-corrected chi connectivity index (χ1v) is 6.09. The van der Waals surface area contributed by atoms with Crippen molar-refractivity contribution < 1.29 is 9.53 Å². The lowest BCUT2D eigenvalue weighted by atomic mass is 10.1. The first-order chi connectivity index (χ1) is 8.60. The van der Waals surface area contributed by atoms with Gasteiger partial charge in [0.1, 0.15) is 0 Å². The second-order valence-electron chi connectivity index (χ2n) is 4.68. The molecule has 0 aliphatic heterocycles. The Bertz CT molecular complexity index is 448. The van der Waals surface area contributed by atoms with Crippen molar-refractivity contribution in [2.45, 2.75) is 31.4 Å². The van der Waals surface area contributed by atoms with E-state index < -0.39 is 5.91 Å². The Morgan fingerprint density at radius 2 is 2.22 bits per heavy atom. The second kappa shape index (κ2) is 5.27. The number of carbonyl (C=O) groups is 1. The van der Waals surface area contributed by atoms with Crippen molar-refractivity contribution in [2.75, 3.05) is 18.2 Å². The molecule has 5 N–H and O–H groups in total. The van der Waals surface area contributed by atoms with Gasteiger partial charge >= 0.3 is 0 Å². The van der Waals surface area contributed by atoms with Crippen molar-refractivity contribution in [2.24, 2.45) is 5.73 Å². The third kappa shape index (κ3) is 2.73. The number of methoxy groups -OCH3 is 1. The number of amides is 1. The van der Waals surface area contributed by atoms with Gasteiger partial charge in [-0.1, -0.05) is 0 Å². The van der Waals surface area contributed by atoms with E-state index in [0.717, 1.165) is 24.9 Å². The molecule has 1 fully saturated rings. The molecule has 5 heteroatoms. The van der Waals surface area contributed by atoms with E-state index in [4.69, 9.17) is 16.2 Å². The standard InChI is InChI=1S/C13H19N3O2/c1-18-10-4-3-9(7-10)16-12-6-8(13(15)17)2-5-11(12)14/h2,5-6,9-10,16H,3-4,7,14H2,1H3,(H2,15,17). The molecule has 0 aromatic heterocycles. The predicted octanol–water partition coefficient (Wildman–Crippen LogP) is 1.35. The molecule has 0 saturated heterocycles. The van der Waals surface area contributed by atoms with E-state index >= 15 is 0 Å². The maximum absolute atomic E-state index is 11.1. The number of primary amides is 1. The van der Waals surface area contributed by atoms with Crippen LogP contribution in [0.3, 0.4) is 0 Å². The van der Waals surface area contributed by atoms with Crippen LogP contribution in [-0.2, 0) is 4.74 Å². The van der Waals surface area contributed by atoms with Gasteiger partial charge < -0.3 is 21.5 Å². The monoisotopic (exact) mass is 249 g/mol. The Morgan fingerprint density at radius 3 is 2.83 bits per heavy atom. The number of benzene rings is 1. The summed E-state index contributed by atoms with van der Waals surface area (Å²) in [6.45, 7) is 0. The van der Waals surface area contributed by atoms with E-state index in [1.165, 1.54) is 0 Å². The van der Waals surface area contributed by atoms with E-state index in [1.807, 2.05) is 0 Å². The van der Waals surface area contributed by atoms with Crippen LogP contribution in [0.4, 0.5) is 11.4 Å². The highest BCUT2D eigenvalue weighted by atomic mass is 16.5. The van der Waals surface area contributed by atoms with Gasteiger partial charge in [-0.25, -0.2) is 0 Å². The van der Waals surface area contributed by atoms with Gasteiger partial charge in [0.2, 0.25) is 5.91 Å². The lowest BCUT2D eigenvalue weighted by Gasteiger charge is -2.16. The summed E-state index contributed by atoms with van der Waals surface area (Å²) in [4.78, 5) is 11.1. The molecule has 2 unspecified atom stereocenters. The second-order valence-corrected chi connectivity index (χ2v) is 4.68. The molecule has 1 aromatic carbocycles. The van der Waals surface area contributed by atoms with Crippen LogP contribution < -0.4 is 16.8 Å². The topological polar surface area (TPSA) is 90.4 Å². The SMILES string of the molecule is COC1CCC(Nc2cc(C(N)=O)ccc2N)C1. The van der Waals surface area contributed by atoms with Crippen LogP contribution in [-0.4, -0.2) is 25.2 Å². The molecule has 1 saturated carbocycles. The van der Waals surface area contributed by atoms with Gasteiger partial charge in [-0.15, -0.1) is 0 Å². The van der Waals surface area contributed by atoms with Crippen LogP contribution in [0.1, 0.15) is 29.6 Å². The summed E-state index contributed by atoms with van der Waals surface area (Å²) in [7, 11) is 1.73. The number of nitrogen functional groups attached to an aromatic ring is 1. The van der Waals surface area contributed by atoms with Crippen molar-refractivity contribution in [3.05, 3.63) is 23.8 Å². The zero-order valence-corrected chi connectivity index (χ0v) is 10.5. The maximum Gasteiger partial charge on any atom is 0.248 e. The summed E-state index contributed by atoms with van der Waals surface area (Å²) in [5, 5.41) is 3.36. The zero-order chi connectivity index (χ0) is 13.1. The molecule has 2 atom stereocenters. The summed E-state index contributed by atoms with van der Waals surface area (Å²) in [5.74, 6) is -0.445. The van der Waals surface area contributed by atoms with Crippen molar-refractivity contribution in [3.63, 3.8) is 0 Å². The van der Waals surface area contributed by atoms with Gasteiger partial charge in [0.05, 0.1) is 17.5 Å². The van der Waals surface area contributed by atoms with Gasteiger partial charge in [-0.05, 0) is 37.5 Å². The Hall–Kier alpha value is -1.75. The molecule has 18 heavy (non-hydrogen) atoms. The number of hydrogen-bond donors (Lipinski definition) is 3. The molecule has 0 heterocycles. The summed E-state index contributed by atoms with van der Waals surface area (Å²) in [6, 6.07) is 5.37. The Kier molecular flexibility index (Phi) is 3.72. The molecule has 1 aliphatic carbocycles. The largest absolute Gasteiger partial charge is 0.397 e. The molecule has 2 rings (SSSR count). The van der Waals surface area contributed by atoms with Crippen LogP contribution in [0, 0.1) is 0 Å². The highest BCUT2D eigenvalue weighted by Crippen LogP contribution is 2.28. The van der Waals surface area contributed by atoms with E-state index in [0.29, 0.717) is 23.4 Å². The molecular weight excluding hydrogens is 230 g/mol. The normalized spacial score (nSPS) is 22.9. The van der Waals surface area contributed by atoms with E-state index in [1.54, 1.807) is 25.3 Å². The molecule has 98 valence electrons. The average Bonchev–Trinajstić information content (AvgIpc) is 2.79. The minimum Gasteiger partial charge on any atom is -0.397 e. The first-order valence-electron chi connectivity index (χ1n) is 6.09.